The number of rotatable bonds is 6. The van der Waals surface area contributed by atoms with Crippen molar-refractivity contribution < 1.29 is 24.6 Å². The van der Waals surface area contributed by atoms with Gasteiger partial charge in [-0.05, 0) is 20.8 Å². The number of aromatic nitrogens is 1. The van der Waals surface area contributed by atoms with Crippen molar-refractivity contribution in [3.63, 3.8) is 0 Å². The summed E-state index contributed by atoms with van der Waals surface area (Å²) >= 11 is 1.44. The molecule has 0 spiro atoms. The van der Waals surface area contributed by atoms with Gasteiger partial charge in [0.2, 0.25) is 0 Å². The molecule has 0 bridgehead atoms. The number of aliphatic carboxylic acids is 2. The fraction of sp³-hybridized carbons (Fsp3) is 0.500. The van der Waals surface area contributed by atoms with Gasteiger partial charge in [-0.3, -0.25) is 4.79 Å². The Kier molecular flexibility index (Phi) is 5.65. The van der Waals surface area contributed by atoms with Gasteiger partial charge < -0.3 is 20.8 Å². The van der Waals surface area contributed by atoms with Crippen LogP contribution in [0.5, 0.6) is 0 Å². The van der Waals surface area contributed by atoms with E-state index in [0.717, 1.165) is 15.6 Å². The first-order valence-corrected chi connectivity index (χ1v) is 6.98. The highest BCUT2D eigenvalue weighted by Gasteiger charge is 2.24. The maximum atomic E-state index is 11.7. The van der Waals surface area contributed by atoms with Gasteiger partial charge in [-0.25, -0.2) is 14.6 Å². The fourth-order valence-electron chi connectivity index (χ4n) is 1.79. The van der Waals surface area contributed by atoms with Gasteiger partial charge in [0, 0.05) is 4.88 Å². The van der Waals surface area contributed by atoms with E-state index in [1.165, 1.54) is 11.3 Å². The Morgan fingerprint density at radius 2 is 1.86 bits per heavy atom. The average Bonchev–Trinajstić information content (AvgIpc) is 2.66. The van der Waals surface area contributed by atoms with Crippen LogP contribution in [0.4, 0.5) is 4.79 Å². The summed E-state index contributed by atoms with van der Waals surface area (Å²) in [6.07, 6.45) is -0.685. The molecule has 0 fully saturated rings. The summed E-state index contributed by atoms with van der Waals surface area (Å²) in [6, 6.07) is -2.56. The first kappa shape index (κ1) is 16.9. The van der Waals surface area contributed by atoms with Gasteiger partial charge in [0.25, 0.3) is 0 Å². The first-order chi connectivity index (χ1) is 9.70. The van der Waals surface area contributed by atoms with Crippen molar-refractivity contribution >= 4 is 29.3 Å². The van der Waals surface area contributed by atoms with Gasteiger partial charge in [0.05, 0.1) is 23.2 Å². The normalized spacial score (nSPS) is 13.3. The van der Waals surface area contributed by atoms with Gasteiger partial charge in [-0.1, -0.05) is 0 Å². The minimum atomic E-state index is -1.47. The standard InChI is InChI=1S/C12H17N3O5S/c1-5-10(21-7(3)13-5)6(2)14-12(20)15-8(11(18)19)4-9(16)17/h6,8H,4H2,1-3H3,(H,16,17)(H,18,19)(H2,14,15,20)/t6?,8-/m1/s1. The van der Waals surface area contributed by atoms with E-state index in [1.807, 2.05) is 13.8 Å². The number of hydrogen-bond donors (Lipinski definition) is 4. The zero-order valence-corrected chi connectivity index (χ0v) is 12.7. The molecule has 116 valence electrons. The molecule has 1 unspecified atom stereocenters. The van der Waals surface area contributed by atoms with E-state index in [1.54, 1.807) is 6.92 Å². The molecule has 8 nitrogen and oxygen atoms in total. The lowest BCUT2D eigenvalue weighted by Crippen LogP contribution is -2.47. The van der Waals surface area contributed by atoms with Crippen molar-refractivity contribution in [2.24, 2.45) is 0 Å². The highest BCUT2D eigenvalue weighted by atomic mass is 32.1. The smallest absolute Gasteiger partial charge is 0.326 e. The van der Waals surface area contributed by atoms with E-state index in [0.29, 0.717) is 0 Å². The molecule has 0 saturated heterocycles. The van der Waals surface area contributed by atoms with Crippen molar-refractivity contribution in [2.45, 2.75) is 39.3 Å². The van der Waals surface area contributed by atoms with Crippen LogP contribution in [0.2, 0.25) is 0 Å². The second-order valence-electron chi connectivity index (χ2n) is 4.51. The van der Waals surface area contributed by atoms with Crippen LogP contribution >= 0.6 is 11.3 Å². The summed E-state index contributed by atoms with van der Waals surface area (Å²) in [5, 5.41) is 23.0. The lowest BCUT2D eigenvalue weighted by molar-refractivity contribution is -0.145. The molecule has 0 aromatic carbocycles. The van der Waals surface area contributed by atoms with Crippen LogP contribution in [0.3, 0.4) is 0 Å². The highest BCUT2D eigenvalue weighted by Crippen LogP contribution is 2.24. The van der Waals surface area contributed by atoms with E-state index in [4.69, 9.17) is 10.2 Å². The Balaban J connectivity index is 2.65. The maximum absolute atomic E-state index is 11.7. The fourth-order valence-corrected chi connectivity index (χ4v) is 2.72. The van der Waals surface area contributed by atoms with E-state index in [-0.39, 0.29) is 6.04 Å². The zero-order valence-electron chi connectivity index (χ0n) is 11.8. The summed E-state index contributed by atoms with van der Waals surface area (Å²) in [4.78, 5) is 38.3. The van der Waals surface area contributed by atoms with E-state index >= 15 is 0 Å². The molecule has 0 aliphatic carbocycles. The van der Waals surface area contributed by atoms with Crippen molar-refractivity contribution in [3.05, 3.63) is 15.6 Å². The lowest BCUT2D eigenvalue weighted by Gasteiger charge is -2.17. The van der Waals surface area contributed by atoms with E-state index in [9.17, 15) is 14.4 Å². The Labute approximate surface area is 125 Å². The highest BCUT2D eigenvalue weighted by molar-refractivity contribution is 7.11. The quantitative estimate of drug-likeness (QED) is 0.621. The number of amides is 2. The van der Waals surface area contributed by atoms with Crippen LogP contribution in [0, 0.1) is 13.8 Å². The third-order valence-corrected chi connectivity index (χ3v) is 3.92. The second-order valence-corrected chi connectivity index (χ2v) is 5.75. The molecule has 0 radical (unpaired) electrons. The number of aryl methyl sites for hydroxylation is 2. The largest absolute Gasteiger partial charge is 0.481 e. The van der Waals surface area contributed by atoms with Crippen LogP contribution in [-0.4, -0.2) is 39.2 Å². The van der Waals surface area contributed by atoms with Crippen LogP contribution in [0.15, 0.2) is 0 Å². The SMILES string of the molecule is Cc1nc(C)c(C(C)NC(=O)N[C@H](CC(=O)O)C(=O)O)s1. The Morgan fingerprint density at radius 3 is 2.29 bits per heavy atom. The molecule has 2 atom stereocenters. The zero-order chi connectivity index (χ0) is 16.2. The Bertz CT molecular complexity index is 557. The molecule has 2 amide bonds. The Hall–Kier alpha value is -2.16. The van der Waals surface area contributed by atoms with Gasteiger partial charge in [-0.2, -0.15) is 0 Å². The number of nitrogens with zero attached hydrogens (tertiary/aromatic N) is 1. The number of nitrogens with one attached hydrogen (secondary N) is 2. The monoisotopic (exact) mass is 315 g/mol. The molecule has 1 heterocycles. The number of carbonyl (C=O) groups excluding carboxylic acids is 1. The summed E-state index contributed by atoms with van der Waals surface area (Å²) in [6.45, 7) is 5.41. The van der Waals surface area contributed by atoms with Crippen LogP contribution < -0.4 is 10.6 Å². The number of hydrogen-bond acceptors (Lipinski definition) is 5. The van der Waals surface area contributed by atoms with Gasteiger partial charge >= 0.3 is 18.0 Å². The van der Waals surface area contributed by atoms with Crippen LogP contribution in [-0.2, 0) is 9.59 Å². The number of carboxylic acid groups (broad SMARTS) is 2. The number of carboxylic acids is 2. The van der Waals surface area contributed by atoms with Crippen molar-refractivity contribution in [1.82, 2.24) is 15.6 Å². The van der Waals surface area contributed by atoms with Crippen LogP contribution in [0.25, 0.3) is 0 Å². The molecule has 0 saturated carbocycles. The molecule has 0 aliphatic heterocycles. The summed E-state index contributed by atoms with van der Waals surface area (Å²) < 4.78 is 0. The molecule has 21 heavy (non-hydrogen) atoms. The van der Waals surface area contributed by atoms with E-state index < -0.39 is 30.4 Å². The summed E-state index contributed by atoms with van der Waals surface area (Å²) in [5.74, 6) is -2.70. The molecule has 1 rings (SSSR count). The van der Waals surface area contributed by atoms with Gasteiger partial charge in [0.1, 0.15) is 6.04 Å². The van der Waals surface area contributed by atoms with Gasteiger partial charge in [-0.15, -0.1) is 11.3 Å². The summed E-state index contributed by atoms with van der Waals surface area (Å²) in [5.41, 5.74) is 0.797. The molecular formula is C12H17N3O5S. The van der Waals surface area contributed by atoms with E-state index in [2.05, 4.69) is 15.6 Å². The number of thiazole rings is 1. The van der Waals surface area contributed by atoms with Crippen molar-refractivity contribution in [3.8, 4) is 0 Å². The number of urea groups is 1. The molecule has 1 aromatic rings. The average molecular weight is 315 g/mol. The third-order valence-electron chi connectivity index (χ3n) is 2.66. The second kappa shape index (κ2) is 7.02. The first-order valence-electron chi connectivity index (χ1n) is 6.16. The lowest BCUT2D eigenvalue weighted by atomic mass is 10.2. The minimum absolute atomic E-state index is 0.351. The van der Waals surface area contributed by atoms with Crippen molar-refractivity contribution in [1.29, 1.82) is 0 Å². The minimum Gasteiger partial charge on any atom is -0.481 e. The third kappa shape index (κ3) is 5.03. The Morgan fingerprint density at radius 1 is 1.24 bits per heavy atom. The van der Waals surface area contributed by atoms with Gasteiger partial charge in [0.15, 0.2) is 0 Å². The molecule has 1 aromatic heterocycles. The number of carbonyl (C=O) groups is 3. The topological polar surface area (TPSA) is 129 Å². The summed E-state index contributed by atoms with van der Waals surface area (Å²) in [7, 11) is 0. The molecular weight excluding hydrogens is 298 g/mol. The maximum Gasteiger partial charge on any atom is 0.326 e. The molecule has 0 aliphatic rings. The predicted octanol–water partition coefficient (Wildman–Crippen LogP) is 1.05. The molecule has 4 N–H and O–H groups in total. The van der Waals surface area contributed by atoms with Crippen molar-refractivity contribution in [2.75, 3.05) is 0 Å². The molecule has 9 heteroatoms. The van der Waals surface area contributed by atoms with Crippen LogP contribution in [0.1, 0.15) is 35.0 Å². The predicted molar refractivity (Wildman–Crippen MR) is 75.3 cm³/mol.